The lowest BCUT2D eigenvalue weighted by molar-refractivity contribution is -0.122. The van der Waals surface area contributed by atoms with Crippen LogP contribution in [-0.4, -0.2) is 38.5 Å². The zero-order valence-electron chi connectivity index (χ0n) is 27.4. The summed E-state index contributed by atoms with van der Waals surface area (Å²) < 4.78 is 22.7. The Morgan fingerprint density at radius 3 is 1.38 bits per heavy atom. The Bertz CT molecular complexity index is 1520. The third kappa shape index (κ3) is 12.3. The molecule has 0 aromatic heterocycles. The highest BCUT2D eigenvalue weighted by molar-refractivity contribution is 5.84. The van der Waals surface area contributed by atoms with Crippen LogP contribution in [0.2, 0.25) is 0 Å². The molecule has 2 amide bonds. The van der Waals surface area contributed by atoms with Gasteiger partial charge in [0.1, 0.15) is 13.2 Å². The highest BCUT2D eigenvalue weighted by Gasteiger charge is 2.08. The molecular weight excluding hydrogens is 608 g/mol. The second kappa shape index (κ2) is 19.8. The number of benzene rings is 4. The molecule has 0 fully saturated rings. The Hall–Kier alpha value is -5.64. The fourth-order valence-electron chi connectivity index (χ4n) is 4.63. The largest absolute Gasteiger partial charge is 0.493 e. The number of hydrogen-bond donors (Lipinski definition) is 2. The summed E-state index contributed by atoms with van der Waals surface area (Å²) in [5.41, 5.74) is 8.78. The van der Waals surface area contributed by atoms with E-state index in [0.29, 0.717) is 61.9 Å². The summed E-state index contributed by atoms with van der Waals surface area (Å²) in [4.78, 5) is 24.4. The van der Waals surface area contributed by atoms with Crippen LogP contribution < -0.4 is 29.8 Å². The van der Waals surface area contributed by atoms with Crippen LogP contribution in [0.4, 0.5) is 0 Å². The van der Waals surface area contributed by atoms with Gasteiger partial charge in [-0.3, -0.25) is 9.59 Å². The second-order valence-electron chi connectivity index (χ2n) is 10.9. The summed E-state index contributed by atoms with van der Waals surface area (Å²) >= 11 is 0. The lowest BCUT2D eigenvalue weighted by atomic mass is 10.1. The fourth-order valence-corrected chi connectivity index (χ4v) is 4.63. The Balaban J connectivity index is 1.07. The van der Waals surface area contributed by atoms with Crippen LogP contribution >= 0.6 is 0 Å². The molecule has 0 atom stereocenters. The zero-order chi connectivity index (χ0) is 33.8. The summed E-state index contributed by atoms with van der Waals surface area (Å²) in [7, 11) is 3.16. The molecule has 0 bridgehead atoms. The Morgan fingerprint density at radius 2 is 0.979 bits per heavy atom. The molecule has 0 saturated heterocycles. The van der Waals surface area contributed by atoms with Gasteiger partial charge in [-0.1, -0.05) is 73.5 Å². The van der Waals surface area contributed by atoms with Gasteiger partial charge in [0, 0.05) is 12.8 Å². The molecule has 48 heavy (non-hydrogen) atoms. The van der Waals surface area contributed by atoms with Crippen molar-refractivity contribution in [2.45, 2.75) is 51.7 Å². The van der Waals surface area contributed by atoms with E-state index in [9.17, 15) is 9.59 Å². The number of nitrogens with zero attached hydrogens (tertiary/aromatic N) is 2. The third-order valence-corrected chi connectivity index (χ3v) is 7.21. The first-order valence-corrected chi connectivity index (χ1v) is 15.9. The normalized spacial score (nSPS) is 11.0. The van der Waals surface area contributed by atoms with E-state index in [2.05, 4.69) is 21.1 Å². The maximum absolute atomic E-state index is 12.2. The number of carbonyl (C=O) groups is 2. The van der Waals surface area contributed by atoms with E-state index in [1.807, 2.05) is 84.9 Å². The van der Waals surface area contributed by atoms with Crippen molar-refractivity contribution in [2.75, 3.05) is 14.2 Å². The van der Waals surface area contributed by atoms with Crippen molar-refractivity contribution in [3.05, 3.63) is 119 Å². The van der Waals surface area contributed by atoms with Crippen molar-refractivity contribution in [3.63, 3.8) is 0 Å². The minimum absolute atomic E-state index is 0.166. The van der Waals surface area contributed by atoms with Crippen LogP contribution in [0.1, 0.15) is 60.8 Å². The van der Waals surface area contributed by atoms with Gasteiger partial charge in [0.05, 0.1) is 26.6 Å². The number of unbranched alkanes of at least 4 members (excludes halogenated alkanes) is 3. The monoisotopic (exact) mass is 650 g/mol. The maximum atomic E-state index is 12.2. The van der Waals surface area contributed by atoms with Crippen molar-refractivity contribution in [1.29, 1.82) is 0 Å². The van der Waals surface area contributed by atoms with E-state index >= 15 is 0 Å². The molecule has 0 spiro atoms. The van der Waals surface area contributed by atoms with E-state index in [0.717, 1.165) is 35.1 Å². The Labute approximate surface area is 281 Å². The predicted molar refractivity (Wildman–Crippen MR) is 187 cm³/mol. The molecule has 0 aliphatic carbocycles. The molecule has 0 heterocycles. The van der Waals surface area contributed by atoms with E-state index in [1.54, 1.807) is 38.8 Å². The molecule has 0 saturated carbocycles. The van der Waals surface area contributed by atoms with E-state index in [1.165, 1.54) is 0 Å². The minimum atomic E-state index is -0.166. The Morgan fingerprint density at radius 1 is 0.562 bits per heavy atom. The van der Waals surface area contributed by atoms with E-state index in [-0.39, 0.29) is 11.8 Å². The molecule has 0 unspecified atom stereocenters. The lowest BCUT2D eigenvalue weighted by Crippen LogP contribution is -2.17. The lowest BCUT2D eigenvalue weighted by Gasteiger charge is -2.11. The van der Waals surface area contributed by atoms with Gasteiger partial charge in [-0.15, -0.1) is 0 Å². The summed E-state index contributed by atoms with van der Waals surface area (Å²) in [6.07, 6.45) is 6.89. The second-order valence-corrected chi connectivity index (χ2v) is 10.9. The average molecular weight is 651 g/mol. The summed E-state index contributed by atoms with van der Waals surface area (Å²) in [6.45, 7) is 0.864. The van der Waals surface area contributed by atoms with Crippen LogP contribution in [-0.2, 0) is 22.8 Å². The van der Waals surface area contributed by atoms with Crippen LogP contribution in [0.15, 0.2) is 107 Å². The number of methoxy groups -OCH3 is 2. The van der Waals surface area contributed by atoms with Crippen molar-refractivity contribution < 1.29 is 28.5 Å². The Kier molecular flexibility index (Phi) is 14.5. The summed E-state index contributed by atoms with van der Waals surface area (Å²) in [5.74, 6) is 2.08. The fraction of sp³-hybridized carbons (Fsp3) is 0.263. The molecule has 4 aromatic carbocycles. The molecule has 2 N–H and O–H groups in total. The van der Waals surface area contributed by atoms with Gasteiger partial charge in [0.25, 0.3) is 0 Å². The van der Waals surface area contributed by atoms with Crippen molar-refractivity contribution >= 4 is 24.2 Å². The van der Waals surface area contributed by atoms with Crippen LogP contribution in [0.25, 0.3) is 0 Å². The molecule has 4 rings (SSSR count). The van der Waals surface area contributed by atoms with Gasteiger partial charge >= 0.3 is 0 Å². The smallest absolute Gasteiger partial charge is 0.240 e. The summed E-state index contributed by atoms with van der Waals surface area (Å²) in [5, 5.41) is 8.12. The first kappa shape index (κ1) is 35.2. The number of amides is 2. The van der Waals surface area contributed by atoms with Crippen molar-refractivity contribution in [3.8, 4) is 23.0 Å². The number of hydrazone groups is 2. The number of rotatable bonds is 19. The predicted octanol–water partition coefficient (Wildman–Crippen LogP) is 6.80. The van der Waals surface area contributed by atoms with Gasteiger partial charge in [0.2, 0.25) is 11.8 Å². The molecule has 4 aromatic rings. The average Bonchev–Trinajstić information content (AvgIpc) is 3.12. The molecule has 0 radical (unpaired) electrons. The molecule has 0 aliphatic heterocycles. The number of nitrogens with one attached hydrogen (secondary N) is 2. The molecule has 0 aliphatic rings. The molecule has 250 valence electrons. The third-order valence-electron chi connectivity index (χ3n) is 7.21. The quantitative estimate of drug-likeness (QED) is 0.0654. The zero-order valence-corrected chi connectivity index (χ0v) is 27.4. The molecular formula is C38H42N4O6. The van der Waals surface area contributed by atoms with Crippen molar-refractivity contribution in [2.24, 2.45) is 10.2 Å². The van der Waals surface area contributed by atoms with E-state index in [4.69, 9.17) is 18.9 Å². The van der Waals surface area contributed by atoms with Crippen LogP contribution in [0.5, 0.6) is 23.0 Å². The van der Waals surface area contributed by atoms with Crippen molar-refractivity contribution in [1.82, 2.24) is 10.9 Å². The maximum Gasteiger partial charge on any atom is 0.240 e. The van der Waals surface area contributed by atoms with E-state index < -0.39 is 0 Å². The number of ether oxygens (including phenoxy) is 4. The van der Waals surface area contributed by atoms with Gasteiger partial charge in [-0.05, 0) is 71.5 Å². The van der Waals surface area contributed by atoms with Gasteiger partial charge in [-0.25, -0.2) is 10.9 Å². The molecule has 10 heteroatoms. The highest BCUT2D eigenvalue weighted by atomic mass is 16.5. The first-order chi connectivity index (χ1) is 23.5. The minimum Gasteiger partial charge on any atom is -0.493 e. The number of carbonyl (C=O) groups excluding carboxylic acids is 2. The van der Waals surface area contributed by atoms with Crippen LogP contribution in [0.3, 0.4) is 0 Å². The standard InChI is InChI=1S/C38H42N4O6/c1-45-35-23-31(19-21-33(35)47-27-29-13-7-5-8-14-29)25-39-41-37(43)17-11-3-4-12-18-38(44)42-40-26-32-20-22-34(36(24-32)46-2)48-28-30-15-9-6-10-16-30/h5-10,13-16,19-26H,3-4,11-12,17-18,27-28H2,1-2H3,(H,41,43)(H,42,44)/b39-25+,40-26+. The first-order valence-electron chi connectivity index (χ1n) is 15.9. The SMILES string of the molecule is COc1cc(/C=N/NC(=O)CCCCCCC(=O)N/N=C/c2ccc(OCc3ccccc3)c(OC)c2)ccc1OCc1ccccc1. The highest BCUT2D eigenvalue weighted by Crippen LogP contribution is 2.29. The van der Waals surface area contributed by atoms with Gasteiger partial charge in [0.15, 0.2) is 23.0 Å². The van der Waals surface area contributed by atoms with Crippen LogP contribution in [0, 0.1) is 0 Å². The van der Waals surface area contributed by atoms with Gasteiger partial charge in [-0.2, -0.15) is 10.2 Å². The van der Waals surface area contributed by atoms with Gasteiger partial charge < -0.3 is 18.9 Å². The summed E-state index contributed by atoms with van der Waals surface area (Å²) in [6, 6.07) is 30.7. The topological polar surface area (TPSA) is 120 Å². The molecule has 10 nitrogen and oxygen atoms in total. The number of hydrogen-bond acceptors (Lipinski definition) is 8.